The molecule has 0 fully saturated rings. The SMILES string of the molecule is O=C(Cn1cc(NC(=O)OCC2c3ccccc3-c3ccccc32)cn1)NCC(F)(F)C(=O)O. The zero-order valence-corrected chi connectivity index (χ0v) is 17.7. The average Bonchev–Trinajstić information content (AvgIpc) is 3.38. The molecule has 1 heterocycles. The van der Waals surface area contributed by atoms with Crippen LogP contribution in [0.5, 0.6) is 0 Å². The van der Waals surface area contributed by atoms with Crippen LogP contribution in [0.2, 0.25) is 0 Å². The maximum absolute atomic E-state index is 13.0. The Bertz CT molecular complexity index is 1200. The topological polar surface area (TPSA) is 123 Å². The summed E-state index contributed by atoms with van der Waals surface area (Å²) in [6.45, 7) is -1.66. The fraction of sp³-hybridized carbons (Fsp3) is 0.217. The first-order valence-corrected chi connectivity index (χ1v) is 10.3. The molecule has 11 heteroatoms. The van der Waals surface area contributed by atoms with Gasteiger partial charge in [0.05, 0.1) is 18.4 Å². The standard InChI is InChI=1S/C23H20F2N4O5/c24-23(25,21(31)32)13-26-20(30)11-29-10-14(9-27-29)28-22(33)34-12-19-17-7-3-1-5-15(17)16-6-2-4-8-18(16)19/h1-10,19H,11-13H2,(H,26,30)(H,28,33)(H,31,32). The van der Waals surface area contributed by atoms with Gasteiger partial charge in [-0.25, -0.2) is 9.59 Å². The van der Waals surface area contributed by atoms with E-state index in [4.69, 9.17) is 9.84 Å². The number of nitrogens with zero attached hydrogens (tertiary/aromatic N) is 2. The predicted molar refractivity (Wildman–Crippen MR) is 117 cm³/mol. The van der Waals surface area contributed by atoms with E-state index in [1.54, 1.807) is 0 Å². The summed E-state index contributed by atoms with van der Waals surface area (Å²) >= 11 is 0. The molecule has 1 aliphatic carbocycles. The van der Waals surface area contributed by atoms with Crippen LogP contribution in [-0.4, -0.2) is 51.9 Å². The molecule has 0 atom stereocenters. The highest BCUT2D eigenvalue weighted by atomic mass is 19.3. The van der Waals surface area contributed by atoms with Crippen molar-refractivity contribution in [3.05, 3.63) is 72.1 Å². The highest BCUT2D eigenvalue weighted by Crippen LogP contribution is 2.44. The van der Waals surface area contributed by atoms with Gasteiger partial charge < -0.3 is 15.2 Å². The number of benzene rings is 2. The largest absolute Gasteiger partial charge is 0.477 e. The van der Waals surface area contributed by atoms with Gasteiger partial charge in [-0.05, 0) is 22.3 Å². The number of carboxylic acids is 1. The van der Waals surface area contributed by atoms with E-state index in [1.165, 1.54) is 12.4 Å². The number of carbonyl (C=O) groups excluding carboxylic acids is 2. The molecule has 1 aromatic heterocycles. The zero-order valence-electron chi connectivity index (χ0n) is 17.7. The number of carbonyl (C=O) groups is 3. The molecule has 9 nitrogen and oxygen atoms in total. The van der Waals surface area contributed by atoms with Gasteiger partial charge >= 0.3 is 18.0 Å². The number of aliphatic carboxylic acids is 1. The van der Waals surface area contributed by atoms with Gasteiger partial charge in [-0.1, -0.05) is 48.5 Å². The van der Waals surface area contributed by atoms with E-state index in [0.717, 1.165) is 26.9 Å². The monoisotopic (exact) mass is 470 g/mol. The quantitative estimate of drug-likeness (QED) is 0.465. The number of hydrogen-bond donors (Lipinski definition) is 3. The molecule has 0 saturated heterocycles. The summed E-state index contributed by atoms with van der Waals surface area (Å²) in [6, 6.07) is 15.9. The van der Waals surface area contributed by atoms with Gasteiger partial charge in [0.15, 0.2) is 0 Å². The summed E-state index contributed by atoms with van der Waals surface area (Å²) in [5.74, 6) is -7.37. The van der Waals surface area contributed by atoms with Gasteiger partial charge in [-0.3, -0.25) is 14.8 Å². The first-order chi connectivity index (χ1) is 16.2. The molecule has 0 spiro atoms. The molecule has 34 heavy (non-hydrogen) atoms. The Morgan fingerprint density at radius 3 is 2.29 bits per heavy atom. The molecule has 0 bridgehead atoms. The Labute approximate surface area is 192 Å². The summed E-state index contributed by atoms with van der Waals surface area (Å²) in [7, 11) is 0. The van der Waals surface area contributed by atoms with Crippen molar-refractivity contribution >= 4 is 23.7 Å². The molecule has 1 aliphatic rings. The van der Waals surface area contributed by atoms with Crippen molar-refractivity contribution in [2.45, 2.75) is 18.4 Å². The molecular weight excluding hydrogens is 450 g/mol. The van der Waals surface area contributed by atoms with Crippen LogP contribution in [0.1, 0.15) is 17.0 Å². The van der Waals surface area contributed by atoms with Crippen LogP contribution in [0.15, 0.2) is 60.9 Å². The number of hydrogen-bond acceptors (Lipinski definition) is 5. The van der Waals surface area contributed by atoms with Crippen LogP contribution in [0.25, 0.3) is 11.1 Å². The van der Waals surface area contributed by atoms with Crippen molar-refractivity contribution in [3.63, 3.8) is 0 Å². The summed E-state index contributed by atoms with van der Waals surface area (Å²) in [5, 5.41) is 16.6. The minimum absolute atomic E-state index is 0.103. The number of halogens is 2. The lowest BCUT2D eigenvalue weighted by atomic mass is 9.98. The number of nitrogens with one attached hydrogen (secondary N) is 2. The lowest BCUT2D eigenvalue weighted by Crippen LogP contribution is -2.43. The Morgan fingerprint density at radius 1 is 1.06 bits per heavy atom. The number of aromatic nitrogens is 2. The molecule has 4 rings (SSSR count). The highest BCUT2D eigenvalue weighted by molar-refractivity contribution is 5.85. The van der Waals surface area contributed by atoms with E-state index in [9.17, 15) is 23.2 Å². The number of ether oxygens (including phenoxy) is 1. The molecular formula is C23H20F2N4O5. The highest BCUT2D eigenvalue weighted by Gasteiger charge is 2.39. The van der Waals surface area contributed by atoms with E-state index in [1.807, 2.05) is 53.8 Å². The van der Waals surface area contributed by atoms with Crippen LogP contribution in [0, 0.1) is 0 Å². The Morgan fingerprint density at radius 2 is 1.68 bits per heavy atom. The van der Waals surface area contributed by atoms with E-state index < -0.39 is 37.0 Å². The van der Waals surface area contributed by atoms with Crippen molar-refractivity contribution in [2.24, 2.45) is 0 Å². The smallest absolute Gasteiger partial charge is 0.411 e. The van der Waals surface area contributed by atoms with E-state index >= 15 is 0 Å². The number of fused-ring (bicyclic) bond motifs is 3. The van der Waals surface area contributed by atoms with E-state index in [2.05, 4.69) is 10.4 Å². The van der Waals surface area contributed by atoms with Crippen molar-refractivity contribution in [1.82, 2.24) is 15.1 Å². The number of rotatable bonds is 8. The summed E-state index contributed by atoms with van der Waals surface area (Å²) in [5.41, 5.74) is 4.59. The van der Waals surface area contributed by atoms with Gasteiger partial charge in [0.1, 0.15) is 13.2 Å². The van der Waals surface area contributed by atoms with Crippen LogP contribution in [0.3, 0.4) is 0 Å². The second-order valence-corrected chi connectivity index (χ2v) is 7.66. The Hall–Kier alpha value is -4.28. The maximum Gasteiger partial charge on any atom is 0.411 e. The molecule has 0 aliphatic heterocycles. The van der Waals surface area contributed by atoms with Gasteiger partial charge in [0.2, 0.25) is 5.91 Å². The lowest BCUT2D eigenvalue weighted by Gasteiger charge is -2.14. The molecule has 0 radical (unpaired) electrons. The number of amides is 2. The predicted octanol–water partition coefficient (Wildman–Crippen LogP) is 3.08. The van der Waals surface area contributed by atoms with E-state index in [-0.39, 0.29) is 18.2 Å². The fourth-order valence-electron chi connectivity index (χ4n) is 3.76. The normalized spacial score (nSPS) is 12.5. The summed E-state index contributed by atoms with van der Waals surface area (Å²) in [6.07, 6.45) is 1.86. The van der Waals surface area contributed by atoms with Crippen molar-refractivity contribution in [2.75, 3.05) is 18.5 Å². The summed E-state index contributed by atoms with van der Waals surface area (Å²) < 4.78 is 32.6. The maximum atomic E-state index is 13.0. The number of anilines is 1. The molecule has 3 N–H and O–H groups in total. The second kappa shape index (κ2) is 9.30. The first kappa shape index (κ1) is 22.9. The van der Waals surface area contributed by atoms with Crippen LogP contribution in [-0.2, 0) is 20.9 Å². The third kappa shape index (κ3) is 4.87. The molecule has 0 unspecified atom stereocenters. The number of carboxylic acid groups (broad SMARTS) is 1. The van der Waals surface area contributed by atoms with Crippen molar-refractivity contribution in [1.29, 1.82) is 0 Å². The molecule has 2 amide bonds. The minimum Gasteiger partial charge on any atom is -0.477 e. The second-order valence-electron chi connectivity index (χ2n) is 7.66. The Kier molecular flexibility index (Phi) is 6.26. The number of alkyl halides is 2. The van der Waals surface area contributed by atoms with Crippen LogP contribution >= 0.6 is 0 Å². The van der Waals surface area contributed by atoms with Gasteiger partial charge in [-0.15, -0.1) is 0 Å². The average molecular weight is 470 g/mol. The zero-order chi connectivity index (χ0) is 24.3. The third-order valence-electron chi connectivity index (χ3n) is 5.35. The van der Waals surface area contributed by atoms with Crippen molar-refractivity contribution in [3.8, 4) is 11.1 Å². The first-order valence-electron chi connectivity index (χ1n) is 10.3. The molecule has 2 aromatic carbocycles. The van der Waals surface area contributed by atoms with Crippen LogP contribution in [0.4, 0.5) is 19.3 Å². The van der Waals surface area contributed by atoms with Gasteiger partial charge in [0, 0.05) is 12.1 Å². The molecule has 3 aromatic rings. The van der Waals surface area contributed by atoms with E-state index in [0.29, 0.717) is 0 Å². The lowest BCUT2D eigenvalue weighted by molar-refractivity contribution is -0.164. The fourth-order valence-corrected chi connectivity index (χ4v) is 3.76. The van der Waals surface area contributed by atoms with Gasteiger partial charge in [0.25, 0.3) is 0 Å². The molecule has 0 saturated carbocycles. The molecule has 176 valence electrons. The van der Waals surface area contributed by atoms with Crippen molar-refractivity contribution < 1.29 is 33.0 Å². The minimum atomic E-state index is -4.07. The third-order valence-corrected chi connectivity index (χ3v) is 5.35. The van der Waals surface area contributed by atoms with Gasteiger partial charge in [-0.2, -0.15) is 13.9 Å². The summed E-state index contributed by atoms with van der Waals surface area (Å²) in [4.78, 5) is 34.5. The Balaban J connectivity index is 1.30. The van der Waals surface area contributed by atoms with Crippen LogP contribution < -0.4 is 10.6 Å².